The van der Waals surface area contributed by atoms with Gasteiger partial charge in [0.1, 0.15) is 5.82 Å². The quantitative estimate of drug-likeness (QED) is 0.621. The molecule has 0 saturated heterocycles. The molecule has 0 heterocycles. The van der Waals surface area contributed by atoms with Crippen molar-refractivity contribution in [1.82, 2.24) is 10.9 Å². The summed E-state index contributed by atoms with van der Waals surface area (Å²) in [5.74, 6) is -0.502. The maximum absolute atomic E-state index is 12.8. The molecule has 0 fully saturated rings. The van der Waals surface area contributed by atoms with Crippen LogP contribution in [0.2, 0.25) is 0 Å². The van der Waals surface area contributed by atoms with E-state index in [1.54, 1.807) is 24.3 Å². The van der Waals surface area contributed by atoms with Crippen molar-refractivity contribution in [2.75, 3.05) is 13.7 Å². The lowest BCUT2D eigenvalue weighted by atomic mass is 10.2. The van der Waals surface area contributed by atoms with E-state index in [9.17, 15) is 14.0 Å². The molecule has 25 heavy (non-hydrogen) atoms. The van der Waals surface area contributed by atoms with Crippen LogP contribution in [0.5, 0.6) is 11.5 Å². The van der Waals surface area contributed by atoms with Crippen molar-refractivity contribution in [3.05, 3.63) is 66.0 Å². The van der Waals surface area contributed by atoms with Gasteiger partial charge in [-0.25, -0.2) is 4.39 Å². The number of hydrogen-bond acceptors (Lipinski definition) is 4. The summed E-state index contributed by atoms with van der Waals surface area (Å²) in [5, 5.41) is 0. The van der Waals surface area contributed by atoms with Gasteiger partial charge in [0, 0.05) is 6.08 Å². The highest BCUT2D eigenvalue weighted by Gasteiger charge is 2.07. The summed E-state index contributed by atoms with van der Waals surface area (Å²) in [6, 6.07) is 12.5. The van der Waals surface area contributed by atoms with Gasteiger partial charge >= 0.3 is 0 Å². The molecule has 2 N–H and O–H groups in total. The molecule has 0 aliphatic carbocycles. The van der Waals surface area contributed by atoms with Gasteiger partial charge in [0.05, 0.1) is 7.11 Å². The molecule has 2 amide bonds. The van der Waals surface area contributed by atoms with Gasteiger partial charge in [-0.1, -0.05) is 24.3 Å². The van der Waals surface area contributed by atoms with E-state index in [0.717, 1.165) is 0 Å². The van der Waals surface area contributed by atoms with Crippen LogP contribution in [0, 0.1) is 5.82 Å². The number of ether oxygens (including phenoxy) is 2. The van der Waals surface area contributed by atoms with Gasteiger partial charge in [-0.15, -0.1) is 0 Å². The number of halogens is 1. The highest BCUT2D eigenvalue weighted by atomic mass is 19.1. The molecular formula is C18H17FN2O4. The van der Waals surface area contributed by atoms with Crippen molar-refractivity contribution in [3.8, 4) is 11.5 Å². The number of rotatable bonds is 6. The van der Waals surface area contributed by atoms with E-state index in [-0.39, 0.29) is 12.4 Å². The Kier molecular flexibility index (Phi) is 6.53. The Morgan fingerprint density at radius 3 is 2.40 bits per heavy atom. The maximum atomic E-state index is 12.8. The van der Waals surface area contributed by atoms with E-state index >= 15 is 0 Å². The summed E-state index contributed by atoms with van der Waals surface area (Å²) in [7, 11) is 1.50. The molecule has 0 aliphatic rings. The Bertz CT molecular complexity index is 760. The molecule has 2 aromatic carbocycles. The molecule has 7 heteroatoms. The molecule has 0 spiro atoms. The van der Waals surface area contributed by atoms with Gasteiger partial charge in [0.25, 0.3) is 11.8 Å². The first-order valence-corrected chi connectivity index (χ1v) is 7.37. The van der Waals surface area contributed by atoms with Crippen LogP contribution in [0.1, 0.15) is 5.56 Å². The molecule has 0 unspecified atom stereocenters. The Balaban J connectivity index is 1.75. The van der Waals surface area contributed by atoms with Crippen LogP contribution >= 0.6 is 0 Å². The molecule has 0 aromatic heterocycles. The minimum Gasteiger partial charge on any atom is -0.493 e. The zero-order valence-electron chi connectivity index (χ0n) is 13.5. The molecule has 130 valence electrons. The van der Waals surface area contributed by atoms with Crippen molar-refractivity contribution in [3.63, 3.8) is 0 Å². The summed E-state index contributed by atoms with van der Waals surface area (Å²) < 4.78 is 23.2. The van der Waals surface area contributed by atoms with Crippen molar-refractivity contribution in [1.29, 1.82) is 0 Å². The molecule has 0 saturated carbocycles. The number of nitrogens with one attached hydrogen (secondary N) is 2. The van der Waals surface area contributed by atoms with E-state index in [4.69, 9.17) is 9.47 Å². The summed E-state index contributed by atoms with van der Waals surface area (Å²) >= 11 is 0. The van der Waals surface area contributed by atoms with E-state index in [0.29, 0.717) is 17.1 Å². The van der Waals surface area contributed by atoms with Gasteiger partial charge in [-0.3, -0.25) is 20.4 Å². The SMILES string of the molecule is COc1ccccc1OCC(=O)NNC(=O)/C=C/c1ccc(F)cc1. The molecular weight excluding hydrogens is 327 g/mol. The van der Waals surface area contributed by atoms with Crippen molar-refractivity contribution in [2.45, 2.75) is 0 Å². The zero-order valence-corrected chi connectivity index (χ0v) is 13.5. The lowest BCUT2D eigenvalue weighted by Gasteiger charge is -2.10. The number of para-hydroxylation sites is 2. The first-order chi connectivity index (χ1) is 12.1. The van der Waals surface area contributed by atoms with Crippen LogP contribution in [0.4, 0.5) is 4.39 Å². The minimum absolute atomic E-state index is 0.289. The van der Waals surface area contributed by atoms with Crippen molar-refractivity contribution < 1.29 is 23.5 Å². The number of carbonyl (C=O) groups excluding carboxylic acids is 2. The van der Waals surface area contributed by atoms with E-state index in [1.165, 1.54) is 43.5 Å². The Labute approximate surface area is 144 Å². The van der Waals surface area contributed by atoms with Gasteiger partial charge in [-0.2, -0.15) is 0 Å². The van der Waals surface area contributed by atoms with Crippen LogP contribution in [0.25, 0.3) is 6.08 Å². The van der Waals surface area contributed by atoms with E-state index in [1.807, 2.05) is 0 Å². The summed E-state index contributed by atoms with van der Waals surface area (Å²) in [4.78, 5) is 23.3. The largest absolute Gasteiger partial charge is 0.493 e. The Hall–Kier alpha value is -3.35. The first-order valence-electron chi connectivity index (χ1n) is 7.37. The number of carbonyl (C=O) groups is 2. The fourth-order valence-corrected chi connectivity index (χ4v) is 1.84. The molecule has 2 rings (SSSR count). The molecule has 0 bridgehead atoms. The van der Waals surface area contributed by atoms with Crippen LogP contribution in [-0.4, -0.2) is 25.5 Å². The summed E-state index contributed by atoms with van der Waals surface area (Å²) in [6.45, 7) is -0.289. The van der Waals surface area contributed by atoms with Crippen LogP contribution in [0.15, 0.2) is 54.6 Å². The third kappa shape index (κ3) is 5.98. The Morgan fingerprint density at radius 1 is 1.04 bits per heavy atom. The first kappa shape index (κ1) is 18.0. The smallest absolute Gasteiger partial charge is 0.276 e. The predicted octanol–water partition coefficient (Wildman–Crippen LogP) is 2.07. The molecule has 2 aromatic rings. The standard InChI is InChI=1S/C18H17FN2O4/c1-24-15-4-2-3-5-16(15)25-12-18(23)21-20-17(22)11-8-13-6-9-14(19)10-7-13/h2-11H,12H2,1H3,(H,20,22)(H,21,23)/b11-8+. The second-order valence-electron chi connectivity index (χ2n) is 4.86. The van der Waals surface area contributed by atoms with E-state index < -0.39 is 11.8 Å². The minimum atomic E-state index is -0.533. The number of amides is 2. The van der Waals surface area contributed by atoms with Crippen molar-refractivity contribution >= 4 is 17.9 Å². The van der Waals surface area contributed by atoms with Crippen LogP contribution < -0.4 is 20.3 Å². The van der Waals surface area contributed by atoms with Crippen LogP contribution in [0.3, 0.4) is 0 Å². The number of benzene rings is 2. The normalized spacial score (nSPS) is 10.3. The van der Waals surface area contributed by atoms with Gasteiger partial charge in [0.2, 0.25) is 0 Å². The van der Waals surface area contributed by atoms with Gasteiger partial charge < -0.3 is 9.47 Å². The number of hydrogen-bond donors (Lipinski definition) is 2. The summed E-state index contributed by atoms with van der Waals surface area (Å²) in [5.41, 5.74) is 5.09. The molecule has 0 aliphatic heterocycles. The average Bonchev–Trinajstić information content (AvgIpc) is 2.64. The highest BCUT2D eigenvalue weighted by Crippen LogP contribution is 2.25. The monoisotopic (exact) mass is 344 g/mol. The van der Waals surface area contributed by atoms with E-state index in [2.05, 4.69) is 10.9 Å². The van der Waals surface area contributed by atoms with Crippen LogP contribution in [-0.2, 0) is 9.59 Å². The lowest BCUT2D eigenvalue weighted by molar-refractivity contribution is -0.128. The fourth-order valence-electron chi connectivity index (χ4n) is 1.84. The predicted molar refractivity (Wildman–Crippen MR) is 90.2 cm³/mol. The average molecular weight is 344 g/mol. The number of methoxy groups -OCH3 is 1. The topological polar surface area (TPSA) is 76.7 Å². The maximum Gasteiger partial charge on any atom is 0.276 e. The zero-order chi connectivity index (χ0) is 18.1. The Morgan fingerprint density at radius 2 is 1.72 bits per heavy atom. The third-order valence-electron chi connectivity index (χ3n) is 3.05. The van der Waals surface area contributed by atoms with Gasteiger partial charge in [-0.05, 0) is 35.9 Å². The highest BCUT2D eigenvalue weighted by molar-refractivity contribution is 5.93. The molecule has 6 nitrogen and oxygen atoms in total. The second-order valence-corrected chi connectivity index (χ2v) is 4.86. The fraction of sp³-hybridized carbons (Fsp3) is 0.111. The van der Waals surface area contributed by atoms with Crippen molar-refractivity contribution in [2.24, 2.45) is 0 Å². The summed E-state index contributed by atoms with van der Waals surface area (Å²) in [6.07, 6.45) is 2.71. The lowest BCUT2D eigenvalue weighted by Crippen LogP contribution is -2.43. The second kappa shape index (κ2) is 9.07. The number of hydrazine groups is 1. The molecule has 0 radical (unpaired) electrons. The van der Waals surface area contributed by atoms with Gasteiger partial charge in [0.15, 0.2) is 18.1 Å². The molecule has 0 atom stereocenters. The third-order valence-corrected chi connectivity index (χ3v) is 3.05.